The maximum Gasteiger partial charge on any atom is 0.186 e. The average molecular weight is 192 g/mol. The molecule has 1 rings (SSSR count). The van der Waals surface area contributed by atoms with E-state index < -0.39 is 24.6 Å². The lowest BCUT2D eigenvalue weighted by molar-refractivity contribution is -0.272. The smallest absolute Gasteiger partial charge is 0.186 e. The third-order valence-electron chi connectivity index (χ3n) is 2.03. The van der Waals surface area contributed by atoms with Crippen molar-refractivity contribution in [2.24, 2.45) is 0 Å². The van der Waals surface area contributed by atoms with E-state index in [0.717, 1.165) is 0 Å². The van der Waals surface area contributed by atoms with Gasteiger partial charge in [-0.2, -0.15) is 0 Å². The Balaban J connectivity index is 2.52. The zero-order valence-electron chi connectivity index (χ0n) is 7.84. The van der Waals surface area contributed by atoms with Crippen LogP contribution in [0.4, 0.5) is 0 Å². The second kappa shape index (κ2) is 4.88. The minimum Gasteiger partial charge on any atom is -0.388 e. The van der Waals surface area contributed by atoms with Crippen LogP contribution in [-0.2, 0) is 14.2 Å². The van der Waals surface area contributed by atoms with Crippen LogP contribution in [0.5, 0.6) is 0 Å². The molecule has 0 aromatic carbocycles. The monoisotopic (exact) mass is 192 g/mol. The Morgan fingerprint density at radius 3 is 2.69 bits per heavy atom. The Bertz CT molecular complexity index is 151. The molecule has 0 radical (unpaired) electrons. The molecule has 0 aliphatic carbocycles. The van der Waals surface area contributed by atoms with Crippen molar-refractivity contribution in [3.05, 3.63) is 0 Å². The summed E-state index contributed by atoms with van der Waals surface area (Å²) in [5.74, 6) is 0. The number of aliphatic hydroxyl groups excluding tert-OH is 2. The molecule has 0 amide bonds. The second-order valence-corrected chi connectivity index (χ2v) is 2.92. The summed E-state index contributed by atoms with van der Waals surface area (Å²) in [6.45, 7) is 2.39. The van der Waals surface area contributed by atoms with E-state index in [4.69, 9.17) is 14.2 Å². The molecule has 0 bridgehead atoms. The van der Waals surface area contributed by atoms with Gasteiger partial charge in [-0.25, -0.2) is 0 Å². The van der Waals surface area contributed by atoms with Crippen molar-refractivity contribution in [1.29, 1.82) is 0 Å². The first-order valence-electron chi connectivity index (χ1n) is 4.32. The fourth-order valence-corrected chi connectivity index (χ4v) is 1.38. The molecule has 5 heteroatoms. The molecule has 2 N–H and O–H groups in total. The molecule has 78 valence electrons. The number of hydrogen-bond donors (Lipinski definition) is 2. The highest BCUT2D eigenvalue weighted by atomic mass is 16.7. The van der Waals surface area contributed by atoms with E-state index in [1.54, 1.807) is 0 Å². The van der Waals surface area contributed by atoms with Crippen molar-refractivity contribution in [2.45, 2.75) is 31.5 Å². The van der Waals surface area contributed by atoms with Crippen LogP contribution in [0, 0.1) is 0 Å². The molecule has 1 saturated heterocycles. The molecule has 0 aromatic rings. The Morgan fingerprint density at radius 2 is 2.15 bits per heavy atom. The van der Waals surface area contributed by atoms with Crippen LogP contribution in [-0.4, -0.2) is 55.1 Å². The van der Waals surface area contributed by atoms with E-state index >= 15 is 0 Å². The quantitative estimate of drug-likeness (QED) is 0.607. The van der Waals surface area contributed by atoms with Crippen LogP contribution < -0.4 is 0 Å². The summed E-state index contributed by atoms with van der Waals surface area (Å²) in [5.41, 5.74) is 0. The second-order valence-electron chi connectivity index (χ2n) is 2.92. The number of hydrogen-bond acceptors (Lipinski definition) is 5. The third kappa shape index (κ3) is 2.38. The van der Waals surface area contributed by atoms with Gasteiger partial charge in [-0.05, 0) is 6.92 Å². The predicted octanol–water partition coefficient (Wildman–Crippen LogP) is -0.884. The molecule has 1 fully saturated rings. The summed E-state index contributed by atoms with van der Waals surface area (Å²) < 4.78 is 15.1. The lowest BCUT2D eigenvalue weighted by atomic mass is 10.1. The average Bonchev–Trinajstić information content (AvgIpc) is 2.11. The predicted molar refractivity (Wildman–Crippen MR) is 44.2 cm³/mol. The molecule has 5 nitrogen and oxygen atoms in total. The van der Waals surface area contributed by atoms with Crippen LogP contribution in [0.2, 0.25) is 0 Å². The van der Waals surface area contributed by atoms with Gasteiger partial charge in [-0.15, -0.1) is 0 Å². The molecule has 1 heterocycles. The first-order chi connectivity index (χ1) is 6.20. The highest BCUT2D eigenvalue weighted by Gasteiger charge is 2.39. The third-order valence-corrected chi connectivity index (χ3v) is 2.03. The summed E-state index contributed by atoms with van der Waals surface area (Å²) in [5, 5.41) is 19.0. The summed E-state index contributed by atoms with van der Waals surface area (Å²) in [7, 11) is 1.44. The Kier molecular flexibility index (Phi) is 4.08. The maximum absolute atomic E-state index is 9.60. The topological polar surface area (TPSA) is 68.2 Å². The van der Waals surface area contributed by atoms with Crippen LogP contribution in [0.15, 0.2) is 0 Å². The van der Waals surface area contributed by atoms with Crippen molar-refractivity contribution in [3.8, 4) is 0 Å². The largest absolute Gasteiger partial charge is 0.388 e. The Hall–Kier alpha value is -0.200. The van der Waals surface area contributed by atoms with E-state index in [2.05, 4.69) is 0 Å². The van der Waals surface area contributed by atoms with E-state index in [9.17, 15) is 10.2 Å². The van der Waals surface area contributed by atoms with Gasteiger partial charge in [0.05, 0.1) is 6.61 Å². The molecular formula is C8H16O5. The van der Waals surface area contributed by atoms with Crippen LogP contribution in [0.3, 0.4) is 0 Å². The molecule has 13 heavy (non-hydrogen) atoms. The van der Waals surface area contributed by atoms with Gasteiger partial charge in [0.25, 0.3) is 0 Å². The first-order valence-corrected chi connectivity index (χ1v) is 4.32. The molecule has 1 aliphatic rings. The highest BCUT2D eigenvalue weighted by Crippen LogP contribution is 2.18. The molecule has 4 atom stereocenters. The maximum atomic E-state index is 9.60. The SMILES string of the molecule is CCOC1OC[C@H](O)[C@@H](OC)[C@@H]1O. The fourth-order valence-electron chi connectivity index (χ4n) is 1.38. The summed E-state index contributed by atoms with van der Waals surface area (Å²) in [6, 6.07) is 0. The van der Waals surface area contributed by atoms with Gasteiger partial charge < -0.3 is 24.4 Å². The van der Waals surface area contributed by atoms with Crippen LogP contribution in [0.1, 0.15) is 6.92 Å². The molecule has 0 saturated carbocycles. The van der Waals surface area contributed by atoms with Crippen molar-refractivity contribution in [3.63, 3.8) is 0 Å². The summed E-state index contributed by atoms with van der Waals surface area (Å²) in [4.78, 5) is 0. The highest BCUT2D eigenvalue weighted by molar-refractivity contribution is 4.83. The van der Waals surface area contributed by atoms with Gasteiger partial charge in [-0.3, -0.25) is 0 Å². The van der Waals surface area contributed by atoms with Crippen molar-refractivity contribution in [1.82, 2.24) is 0 Å². The minimum atomic E-state index is -0.936. The van der Waals surface area contributed by atoms with Crippen molar-refractivity contribution >= 4 is 0 Å². The number of methoxy groups -OCH3 is 1. The van der Waals surface area contributed by atoms with Crippen LogP contribution >= 0.6 is 0 Å². The number of ether oxygens (including phenoxy) is 3. The van der Waals surface area contributed by atoms with Crippen molar-refractivity contribution < 1.29 is 24.4 Å². The minimum absolute atomic E-state index is 0.125. The first kappa shape index (κ1) is 10.9. The van der Waals surface area contributed by atoms with E-state index in [-0.39, 0.29) is 6.61 Å². The fraction of sp³-hybridized carbons (Fsp3) is 1.00. The molecular weight excluding hydrogens is 176 g/mol. The standard InChI is InChI=1S/C8H16O5/c1-3-12-8-6(10)7(11-2)5(9)4-13-8/h5-10H,3-4H2,1-2H3/t5-,6-,7+,8?/m0/s1. The zero-order chi connectivity index (χ0) is 9.84. The van der Waals surface area contributed by atoms with Gasteiger partial charge in [0.1, 0.15) is 18.3 Å². The molecule has 0 spiro atoms. The normalized spacial score (nSPS) is 40.6. The van der Waals surface area contributed by atoms with E-state index in [1.165, 1.54) is 7.11 Å². The van der Waals surface area contributed by atoms with Gasteiger partial charge >= 0.3 is 0 Å². The molecule has 1 unspecified atom stereocenters. The zero-order valence-corrected chi connectivity index (χ0v) is 7.84. The Morgan fingerprint density at radius 1 is 1.46 bits per heavy atom. The summed E-state index contributed by atoms with van der Waals surface area (Å²) in [6.07, 6.45) is -3.06. The van der Waals surface area contributed by atoms with E-state index in [1.807, 2.05) is 6.92 Å². The van der Waals surface area contributed by atoms with Gasteiger partial charge in [-0.1, -0.05) is 0 Å². The van der Waals surface area contributed by atoms with Gasteiger partial charge in [0, 0.05) is 13.7 Å². The van der Waals surface area contributed by atoms with Gasteiger partial charge in [0.15, 0.2) is 6.29 Å². The number of rotatable bonds is 3. The Labute approximate surface area is 77.2 Å². The van der Waals surface area contributed by atoms with E-state index in [0.29, 0.717) is 6.61 Å². The number of aliphatic hydroxyl groups is 2. The van der Waals surface area contributed by atoms with Crippen molar-refractivity contribution in [2.75, 3.05) is 20.3 Å². The summed E-state index contributed by atoms with van der Waals surface area (Å²) >= 11 is 0. The lowest BCUT2D eigenvalue weighted by Gasteiger charge is -2.36. The lowest BCUT2D eigenvalue weighted by Crippen LogP contribution is -2.54. The van der Waals surface area contributed by atoms with Crippen LogP contribution in [0.25, 0.3) is 0 Å². The van der Waals surface area contributed by atoms with Gasteiger partial charge in [0.2, 0.25) is 0 Å². The molecule has 0 aromatic heterocycles. The molecule has 1 aliphatic heterocycles.